The predicted molar refractivity (Wildman–Crippen MR) is 66.9 cm³/mol. The third-order valence-corrected chi connectivity index (χ3v) is 2.23. The summed E-state index contributed by atoms with van der Waals surface area (Å²) >= 11 is 0. The maximum absolute atomic E-state index is 11.4. The molecule has 0 aliphatic rings. The van der Waals surface area contributed by atoms with Gasteiger partial charge in [0.15, 0.2) is 0 Å². The molecule has 0 amide bonds. The molecule has 94 valence electrons. The molecule has 0 atom stereocenters. The highest BCUT2D eigenvalue weighted by molar-refractivity contribution is 5.93. The molecule has 0 bridgehead atoms. The van der Waals surface area contributed by atoms with Crippen molar-refractivity contribution < 1.29 is 14.3 Å². The average molecular weight is 247 g/mol. The fraction of sp³-hybridized carbons (Fsp3) is 0.250. The lowest BCUT2D eigenvalue weighted by molar-refractivity contribution is -0.136. The monoisotopic (exact) mass is 247 g/mol. The Bertz CT molecular complexity index is 531. The van der Waals surface area contributed by atoms with Crippen LogP contribution in [0.5, 0.6) is 5.75 Å². The van der Waals surface area contributed by atoms with Crippen LogP contribution in [0.15, 0.2) is 29.0 Å². The van der Waals surface area contributed by atoms with E-state index in [2.05, 4.69) is 14.8 Å². The second-order valence-electron chi connectivity index (χ2n) is 3.46. The minimum atomic E-state index is -0.699. The number of benzene rings is 1. The van der Waals surface area contributed by atoms with E-state index >= 15 is 0 Å². The summed E-state index contributed by atoms with van der Waals surface area (Å²) in [7, 11) is 2.74. The Labute approximate surface area is 104 Å². The Hall–Kier alpha value is -2.46. The highest BCUT2D eigenvalue weighted by atomic mass is 16.5. The number of aryl methyl sites for hydroxylation is 1. The molecule has 0 spiro atoms. The smallest absolute Gasteiger partial charge is 0.340 e. The summed E-state index contributed by atoms with van der Waals surface area (Å²) in [4.78, 5) is 14.0. The summed E-state index contributed by atoms with van der Waals surface area (Å²) in [6.07, 6.45) is 1.42. The fourth-order valence-corrected chi connectivity index (χ4v) is 1.37. The van der Waals surface area contributed by atoms with Gasteiger partial charge in [0.05, 0.1) is 14.2 Å². The first kappa shape index (κ1) is 13.6. The Morgan fingerprint density at radius 3 is 2.72 bits per heavy atom. The molecule has 0 aliphatic heterocycles. The molecule has 0 heterocycles. The number of ether oxygens (including phenoxy) is 2. The van der Waals surface area contributed by atoms with Crippen LogP contribution < -0.4 is 4.74 Å². The maximum atomic E-state index is 11.4. The fourth-order valence-electron chi connectivity index (χ4n) is 1.37. The van der Waals surface area contributed by atoms with Gasteiger partial charge in [0, 0.05) is 10.5 Å². The van der Waals surface area contributed by atoms with E-state index < -0.39 is 5.97 Å². The van der Waals surface area contributed by atoms with Gasteiger partial charge >= 0.3 is 5.97 Å². The topological polar surface area (TPSA) is 84.3 Å². The van der Waals surface area contributed by atoms with Crippen molar-refractivity contribution in [3.05, 3.63) is 45.5 Å². The lowest BCUT2D eigenvalue weighted by Gasteiger charge is -2.06. The van der Waals surface area contributed by atoms with Crippen LogP contribution >= 0.6 is 0 Å². The van der Waals surface area contributed by atoms with E-state index in [1.807, 2.05) is 19.1 Å². The van der Waals surface area contributed by atoms with Crippen LogP contribution in [0.2, 0.25) is 0 Å². The van der Waals surface area contributed by atoms with Crippen LogP contribution in [-0.2, 0) is 9.53 Å². The molecule has 0 unspecified atom stereocenters. The first-order chi connectivity index (χ1) is 8.62. The Kier molecular flexibility index (Phi) is 4.78. The zero-order chi connectivity index (χ0) is 13.5. The predicted octanol–water partition coefficient (Wildman–Crippen LogP) is 2.83. The minimum absolute atomic E-state index is 0.123. The van der Waals surface area contributed by atoms with Crippen molar-refractivity contribution in [1.82, 2.24) is 0 Å². The number of azide groups is 1. The van der Waals surface area contributed by atoms with E-state index in [9.17, 15) is 4.79 Å². The van der Waals surface area contributed by atoms with Crippen molar-refractivity contribution in [2.24, 2.45) is 5.11 Å². The van der Waals surface area contributed by atoms with Crippen LogP contribution in [0, 0.1) is 6.92 Å². The van der Waals surface area contributed by atoms with Crippen molar-refractivity contribution in [3.8, 4) is 5.75 Å². The first-order valence-corrected chi connectivity index (χ1v) is 5.12. The highest BCUT2D eigenvalue weighted by Gasteiger charge is 2.09. The Morgan fingerprint density at radius 1 is 1.44 bits per heavy atom. The normalized spacial score (nSPS) is 10.5. The van der Waals surface area contributed by atoms with E-state index in [1.165, 1.54) is 20.3 Å². The van der Waals surface area contributed by atoms with Crippen molar-refractivity contribution in [1.29, 1.82) is 0 Å². The average Bonchev–Trinajstić information content (AvgIpc) is 2.39. The standard InChI is InChI=1S/C12H13N3O3/c1-8-4-5-9(11(6-8)17-2)7-10(14-15-13)12(16)18-3/h4-7H,1-3H3/b10-7-. The van der Waals surface area contributed by atoms with Gasteiger partial charge in [-0.25, -0.2) is 4.79 Å². The van der Waals surface area contributed by atoms with Crippen LogP contribution in [0.3, 0.4) is 0 Å². The summed E-state index contributed by atoms with van der Waals surface area (Å²) < 4.78 is 9.71. The van der Waals surface area contributed by atoms with Crippen molar-refractivity contribution in [2.45, 2.75) is 6.92 Å². The van der Waals surface area contributed by atoms with Crippen molar-refractivity contribution in [2.75, 3.05) is 14.2 Å². The molecule has 0 N–H and O–H groups in total. The summed E-state index contributed by atoms with van der Waals surface area (Å²) in [5.41, 5.74) is 9.94. The number of rotatable bonds is 4. The molecular formula is C12H13N3O3. The molecule has 1 aromatic carbocycles. The van der Waals surface area contributed by atoms with Gasteiger partial charge in [-0.05, 0) is 30.2 Å². The van der Waals surface area contributed by atoms with Crippen LogP contribution in [0.4, 0.5) is 0 Å². The third-order valence-electron chi connectivity index (χ3n) is 2.23. The van der Waals surface area contributed by atoms with Gasteiger partial charge in [-0.3, -0.25) is 0 Å². The van der Waals surface area contributed by atoms with Crippen LogP contribution in [0.25, 0.3) is 16.5 Å². The Morgan fingerprint density at radius 2 is 2.17 bits per heavy atom. The molecule has 0 fully saturated rings. The SMILES string of the molecule is COC(=O)/C(=C/c1ccc(C)cc1OC)N=[N+]=[N-]. The molecule has 1 rings (SSSR count). The summed E-state index contributed by atoms with van der Waals surface area (Å²) in [6.45, 7) is 1.92. The number of carbonyl (C=O) groups excluding carboxylic acids is 1. The van der Waals surface area contributed by atoms with E-state index in [0.717, 1.165) is 5.56 Å². The molecule has 0 saturated heterocycles. The van der Waals surface area contributed by atoms with Gasteiger partial charge in [0.2, 0.25) is 0 Å². The lowest BCUT2D eigenvalue weighted by atomic mass is 10.1. The number of carbonyl (C=O) groups is 1. The van der Waals surface area contributed by atoms with Crippen LogP contribution in [0.1, 0.15) is 11.1 Å². The largest absolute Gasteiger partial charge is 0.496 e. The summed E-state index contributed by atoms with van der Waals surface area (Å²) in [6, 6.07) is 5.44. The van der Waals surface area contributed by atoms with Crippen molar-refractivity contribution in [3.63, 3.8) is 0 Å². The Balaban J connectivity index is 3.27. The zero-order valence-electron chi connectivity index (χ0n) is 10.4. The lowest BCUT2D eigenvalue weighted by Crippen LogP contribution is -2.02. The molecule has 0 aliphatic carbocycles. The van der Waals surface area contributed by atoms with Gasteiger partial charge in [-0.1, -0.05) is 17.2 Å². The summed E-state index contributed by atoms with van der Waals surface area (Å²) in [5.74, 6) is -0.111. The molecule has 6 heteroatoms. The van der Waals surface area contributed by atoms with Gasteiger partial charge in [0.25, 0.3) is 0 Å². The van der Waals surface area contributed by atoms with Gasteiger partial charge in [0.1, 0.15) is 11.4 Å². The van der Waals surface area contributed by atoms with Gasteiger partial charge in [-0.2, -0.15) is 0 Å². The molecule has 6 nitrogen and oxygen atoms in total. The molecular weight excluding hydrogens is 234 g/mol. The molecule has 18 heavy (non-hydrogen) atoms. The maximum Gasteiger partial charge on any atom is 0.340 e. The van der Waals surface area contributed by atoms with E-state index in [-0.39, 0.29) is 5.70 Å². The summed E-state index contributed by atoms with van der Waals surface area (Å²) in [5, 5.41) is 3.30. The molecule has 0 radical (unpaired) electrons. The van der Waals surface area contributed by atoms with E-state index in [4.69, 9.17) is 10.3 Å². The van der Waals surface area contributed by atoms with Crippen molar-refractivity contribution >= 4 is 12.0 Å². The quantitative estimate of drug-likeness (QED) is 0.269. The zero-order valence-corrected chi connectivity index (χ0v) is 10.4. The molecule has 0 saturated carbocycles. The minimum Gasteiger partial charge on any atom is -0.496 e. The second-order valence-corrected chi connectivity index (χ2v) is 3.46. The number of nitrogens with zero attached hydrogens (tertiary/aromatic N) is 3. The number of methoxy groups -OCH3 is 2. The van der Waals surface area contributed by atoms with E-state index in [0.29, 0.717) is 11.3 Å². The first-order valence-electron chi connectivity index (χ1n) is 5.12. The molecule has 0 aromatic heterocycles. The number of hydrogen-bond acceptors (Lipinski definition) is 4. The number of esters is 1. The second kappa shape index (κ2) is 6.32. The molecule has 1 aromatic rings. The number of hydrogen-bond donors (Lipinski definition) is 0. The van der Waals surface area contributed by atoms with E-state index in [1.54, 1.807) is 6.07 Å². The van der Waals surface area contributed by atoms with Gasteiger partial charge in [-0.15, -0.1) is 0 Å². The van der Waals surface area contributed by atoms with Crippen LogP contribution in [-0.4, -0.2) is 20.2 Å². The van der Waals surface area contributed by atoms with Gasteiger partial charge < -0.3 is 9.47 Å². The highest BCUT2D eigenvalue weighted by Crippen LogP contribution is 2.23. The third kappa shape index (κ3) is 3.26.